The van der Waals surface area contributed by atoms with Crippen molar-refractivity contribution in [3.63, 3.8) is 0 Å². The normalized spacial score (nSPS) is 26.7. The number of nitrogens with one attached hydrogen (secondary N) is 1. The van der Waals surface area contributed by atoms with Gasteiger partial charge < -0.3 is 9.84 Å². The zero-order chi connectivity index (χ0) is 12.7. The summed E-state index contributed by atoms with van der Waals surface area (Å²) in [5.41, 5.74) is 0. The highest BCUT2D eigenvalue weighted by molar-refractivity contribution is 7.89. The van der Waals surface area contributed by atoms with Crippen molar-refractivity contribution >= 4 is 10.0 Å². The zero-order valence-corrected chi connectivity index (χ0v) is 11.2. The molecule has 2 atom stereocenters. The molecule has 0 bridgehead atoms. The Hall–Kier alpha value is -0.170. The molecular formula is C11H23NO4S. The van der Waals surface area contributed by atoms with E-state index in [2.05, 4.69) is 4.72 Å². The van der Waals surface area contributed by atoms with Crippen LogP contribution in [0.15, 0.2) is 0 Å². The number of methoxy groups -OCH3 is 1. The van der Waals surface area contributed by atoms with E-state index < -0.39 is 16.1 Å². The van der Waals surface area contributed by atoms with Gasteiger partial charge in [0.1, 0.15) is 0 Å². The molecule has 0 aromatic heterocycles. The van der Waals surface area contributed by atoms with Gasteiger partial charge >= 0.3 is 0 Å². The Kier molecular flexibility index (Phi) is 6.40. The standard InChI is InChI=1S/C11H23NO4S/c1-16-8-5-9-17(14,15)12-10-6-3-2-4-7-11(10)13/h10-13H,2-9H2,1H3. The monoisotopic (exact) mass is 265 g/mol. The molecule has 0 radical (unpaired) electrons. The summed E-state index contributed by atoms with van der Waals surface area (Å²) in [4.78, 5) is 0. The third kappa shape index (κ3) is 5.81. The van der Waals surface area contributed by atoms with Gasteiger partial charge in [0.15, 0.2) is 0 Å². The molecule has 1 aliphatic carbocycles. The molecule has 0 spiro atoms. The second kappa shape index (κ2) is 7.31. The molecule has 102 valence electrons. The Morgan fingerprint density at radius 3 is 2.71 bits per heavy atom. The Labute approximate surface area is 104 Å². The predicted molar refractivity (Wildman–Crippen MR) is 66.3 cm³/mol. The molecule has 1 fully saturated rings. The number of ether oxygens (including phenoxy) is 1. The number of sulfonamides is 1. The first kappa shape index (κ1) is 14.9. The van der Waals surface area contributed by atoms with Crippen molar-refractivity contribution in [2.75, 3.05) is 19.5 Å². The Balaban J connectivity index is 2.44. The fourth-order valence-electron chi connectivity index (χ4n) is 2.11. The van der Waals surface area contributed by atoms with Gasteiger partial charge in [-0.3, -0.25) is 0 Å². The Morgan fingerprint density at radius 1 is 1.29 bits per heavy atom. The molecule has 2 N–H and O–H groups in total. The van der Waals surface area contributed by atoms with Crippen LogP contribution < -0.4 is 4.72 Å². The van der Waals surface area contributed by atoms with Crippen LogP contribution >= 0.6 is 0 Å². The molecule has 1 aliphatic rings. The van der Waals surface area contributed by atoms with Crippen LogP contribution in [-0.4, -0.2) is 45.1 Å². The first-order valence-corrected chi connectivity index (χ1v) is 7.87. The molecule has 5 nitrogen and oxygen atoms in total. The van der Waals surface area contributed by atoms with Crippen molar-refractivity contribution in [3.05, 3.63) is 0 Å². The summed E-state index contributed by atoms with van der Waals surface area (Å²) in [5.74, 6) is 0.0596. The fourth-order valence-corrected chi connectivity index (χ4v) is 3.46. The first-order chi connectivity index (χ1) is 8.05. The summed E-state index contributed by atoms with van der Waals surface area (Å²) in [6.07, 6.45) is 4.37. The quantitative estimate of drug-likeness (QED) is 0.546. The van der Waals surface area contributed by atoms with Gasteiger partial charge in [-0.25, -0.2) is 13.1 Å². The van der Waals surface area contributed by atoms with Crippen LogP contribution in [0.1, 0.15) is 38.5 Å². The van der Waals surface area contributed by atoms with E-state index in [4.69, 9.17) is 4.74 Å². The maximum absolute atomic E-state index is 11.8. The predicted octanol–water partition coefficient (Wildman–Crippen LogP) is 0.636. The van der Waals surface area contributed by atoms with Crippen molar-refractivity contribution in [2.24, 2.45) is 0 Å². The molecule has 0 aromatic carbocycles. The molecule has 6 heteroatoms. The molecule has 0 aromatic rings. The fraction of sp³-hybridized carbons (Fsp3) is 1.00. The molecule has 1 saturated carbocycles. The van der Waals surface area contributed by atoms with E-state index >= 15 is 0 Å². The smallest absolute Gasteiger partial charge is 0.212 e. The third-order valence-corrected chi connectivity index (χ3v) is 4.56. The van der Waals surface area contributed by atoms with E-state index in [1.807, 2.05) is 0 Å². The van der Waals surface area contributed by atoms with Gasteiger partial charge in [0.25, 0.3) is 0 Å². The molecular weight excluding hydrogens is 242 g/mol. The summed E-state index contributed by atoms with van der Waals surface area (Å²) in [6.45, 7) is 0.439. The third-order valence-electron chi connectivity index (χ3n) is 3.07. The van der Waals surface area contributed by atoms with Crippen LogP contribution in [0.3, 0.4) is 0 Å². The van der Waals surface area contributed by atoms with E-state index in [0.717, 1.165) is 25.7 Å². The van der Waals surface area contributed by atoms with Gasteiger partial charge in [0.05, 0.1) is 11.9 Å². The van der Waals surface area contributed by atoms with Crippen LogP contribution in [0, 0.1) is 0 Å². The highest BCUT2D eigenvalue weighted by Crippen LogP contribution is 2.18. The molecule has 2 unspecified atom stereocenters. The molecule has 0 saturated heterocycles. The minimum Gasteiger partial charge on any atom is -0.391 e. The number of hydrogen-bond donors (Lipinski definition) is 2. The topological polar surface area (TPSA) is 75.6 Å². The minimum atomic E-state index is -3.29. The Morgan fingerprint density at radius 2 is 2.00 bits per heavy atom. The largest absolute Gasteiger partial charge is 0.391 e. The lowest BCUT2D eigenvalue weighted by molar-refractivity contribution is 0.130. The van der Waals surface area contributed by atoms with Crippen molar-refractivity contribution in [3.8, 4) is 0 Å². The number of aliphatic hydroxyl groups excluding tert-OH is 1. The van der Waals surface area contributed by atoms with Crippen molar-refractivity contribution in [1.82, 2.24) is 4.72 Å². The molecule has 0 amide bonds. The van der Waals surface area contributed by atoms with Crippen LogP contribution in [-0.2, 0) is 14.8 Å². The Bertz CT molecular complexity index is 305. The van der Waals surface area contributed by atoms with Crippen LogP contribution in [0.5, 0.6) is 0 Å². The van der Waals surface area contributed by atoms with Gasteiger partial charge in [-0.2, -0.15) is 0 Å². The van der Waals surface area contributed by atoms with Crippen LogP contribution in [0.4, 0.5) is 0 Å². The van der Waals surface area contributed by atoms with Crippen molar-refractivity contribution in [1.29, 1.82) is 0 Å². The number of aliphatic hydroxyl groups is 1. The van der Waals surface area contributed by atoms with Crippen LogP contribution in [0.2, 0.25) is 0 Å². The van der Waals surface area contributed by atoms with Gasteiger partial charge in [-0.1, -0.05) is 19.3 Å². The van der Waals surface area contributed by atoms with E-state index in [9.17, 15) is 13.5 Å². The van der Waals surface area contributed by atoms with Crippen LogP contribution in [0.25, 0.3) is 0 Å². The molecule has 17 heavy (non-hydrogen) atoms. The average Bonchev–Trinajstić information content (AvgIpc) is 2.44. The van der Waals surface area contributed by atoms with Gasteiger partial charge in [-0.15, -0.1) is 0 Å². The van der Waals surface area contributed by atoms with E-state index in [1.165, 1.54) is 0 Å². The lowest BCUT2D eigenvalue weighted by Gasteiger charge is -2.21. The summed E-state index contributed by atoms with van der Waals surface area (Å²) >= 11 is 0. The molecule has 1 rings (SSSR count). The molecule has 0 heterocycles. The van der Waals surface area contributed by atoms with E-state index in [1.54, 1.807) is 7.11 Å². The maximum atomic E-state index is 11.8. The molecule has 0 aliphatic heterocycles. The summed E-state index contributed by atoms with van der Waals surface area (Å²) < 4.78 is 30.9. The lowest BCUT2D eigenvalue weighted by atomic mass is 10.1. The lowest BCUT2D eigenvalue weighted by Crippen LogP contribution is -2.43. The van der Waals surface area contributed by atoms with Gasteiger partial charge in [-0.05, 0) is 19.3 Å². The van der Waals surface area contributed by atoms with Gasteiger partial charge in [0.2, 0.25) is 10.0 Å². The zero-order valence-electron chi connectivity index (χ0n) is 10.4. The second-order valence-corrected chi connectivity index (χ2v) is 6.47. The van der Waals surface area contributed by atoms with Crippen molar-refractivity contribution < 1.29 is 18.3 Å². The number of hydrogen-bond acceptors (Lipinski definition) is 4. The summed E-state index contributed by atoms with van der Waals surface area (Å²) in [7, 11) is -1.74. The van der Waals surface area contributed by atoms with Gasteiger partial charge in [0, 0.05) is 19.8 Å². The van der Waals surface area contributed by atoms with E-state index in [-0.39, 0.29) is 11.8 Å². The maximum Gasteiger partial charge on any atom is 0.212 e. The number of rotatable bonds is 6. The van der Waals surface area contributed by atoms with E-state index in [0.29, 0.717) is 19.4 Å². The van der Waals surface area contributed by atoms with Crippen molar-refractivity contribution in [2.45, 2.75) is 50.7 Å². The summed E-state index contributed by atoms with van der Waals surface area (Å²) in [6, 6.07) is -0.315. The highest BCUT2D eigenvalue weighted by Gasteiger charge is 2.25. The minimum absolute atomic E-state index is 0.0596. The average molecular weight is 265 g/mol. The first-order valence-electron chi connectivity index (χ1n) is 6.22. The summed E-state index contributed by atoms with van der Waals surface area (Å²) in [5, 5.41) is 9.83. The highest BCUT2D eigenvalue weighted by atomic mass is 32.2. The SMILES string of the molecule is COCCCS(=O)(=O)NC1CCCCCC1O. The second-order valence-electron chi connectivity index (χ2n) is 4.59.